The van der Waals surface area contributed by atoms with Crippen LogP contribution in [0.15, 0.2) is 10.5 Å². The van der Waals surface area contributed by atoms with E-state index in [1.807, 2.05) is 0 Å². The summed E-state index contributed by atoms with van der Waals surface area (Å²) in [5.74, 6) is -1.89. The van der Waals surface area contributed by atoms with E-state index in [1.165, 1.54) is 12.3 Å². The second kappa shape index (κ2) is 7.01. The summed E-state index contributed by atoms with van der Waals surface area (Å²) < 4.78 is 31.3. The smallest absolute Gasteiger partial charge is 0.362 e. The van der Waals surface area contributed by atoms with Gasteiger partial charge in [0.05, 0.1) is 6.04 Å². The normalized spacial score (nSPS) is 20.6. The number of aromatic nitrogens is 1. The van der Waals surface area contributed by atoms with E-state index in [0.29, 0.717) is 0 Å². The standard InChI is InChI=1S/C11H12N6O6S2/c1-5-7(10(19)17(5)25(20,21)22)15-9(18)8(16-23-3-2-12)6-4-24-11(13)14-6/h4-5,7H,3H2,1H3,(H2,13,14)(H,15,18)(H,20,21,22)/t5-,7-/m0/s1. The first kappa shape index (κ1) is 18.6. The molecule has 2 heterocycles. The molecule has 14 heteroatoms. The molecule has 1 aromatic heterocycles. The molecule has 2 atom stereocenters. The summed E-state index contributed by atoms with van der Waals surface area (Å²) in [6.07, 6.45) is 0. The molecule has 0 aliphatic carbocycles. The van der Waals surface area contributed by atoms with Gasteiger partial charge in [-0.1, -0.05) is 5.16 Å². The van der Waals surface area contributed by atoms with E-state index >= 15 is 0 Å². The van der Waals surface area contributed by atoms with Gasteiger partial charge >= 0.3 is 10.3 Å². The summed E-state index contributed by atoms with van der Waals surface area (Å²) in [4.78, 5) is 32.7. The second-order valence-electron chi connectivity index (χ2n) is 4.75. The average molecular weight is 388 g/mol. The summed E-state index contributed by atoms with van der Waals surface area (Å²) in [6.45, 7) is 0.898. The Morgan fingerprint density at radius 2 is 2.36 bits per heavy atom. The highest BCUT2D eigenvalue weighted by molar-refractivity contribution is 7.84. The van der Waals surface area contributed by atoms with Crippen molar-refractivity contribution in [2.45, 2.75) is 19.0 Å². The lowest BCUT2D eigenvalue weighted by Crippen LogP contribution is -2.71. The first-order valence-corrected chi connectivity index (χ1v) is 8.84. The van der Waals surface area contributed by atoms with E-state index in [2.05, 4.69) is 20.3 Å². The molecule has 1 saturated heterocycles. The van der Waals surface area contributed by atoms with Gasteiger partial charge in [-0.3, -0.25) is 14.1 Å². The van der Waals surface area contributed by atoms with Crippen LogP contribution in [0.25, 0.3) is 0 Å². The van der Waals surface area contributed by atoms with Crippen molar-refractivity contribution >= 4 is 44.3 Å². The number of nitrogens with zero attached hydrogens (tertiary/aromatic N) is 4. The number of amides is 2. The van der Waals surface area contributed by atoms with E-state index in [4.69, 9.17) is 15.5 Å². The lowest BCUT2D eigenvalue weighted by atomic mass is 10.0. The second-order valence-corrected chi connectivity index (χ2v) is 6.92. The number of nitrogen functional groups attached to an aromatic ring is 1. The summed E-state index contributed by atoms with van der Waals surface area (Å²) in [5.41, 5.74) is 5.21. The van der Waals surface area contributed by atoms with Crippen molar-refractivity contribution in [2.75, 3.05) is 12.3 Å². The number of nitrogens with one attached hydrogen (secondary N) is 1. The molecule has 1 aromatic rings. The van der Waals surface area contributed by atoms with Crippen LogP contribution in [-0.2, 0) is 24.7 Å². The Morgan fingerprint density at radius 1 is 1.68 bits per heavy atom. The van der Waals surface area contributed by atoms with E-state index in [9.17, 15) is 18.0 Å². The number of hydrogen-bond acceptors (Lipinski definition) is 10. The van der Waals surface area contributed by atoms with E-state index < -0.39 is 40.8 Å². The molecule has 134 valence electrons. The summed E-state index contributed by atoms with van der Waals surface area (Å²) in [6, 6.07) is -0.521. The van der Waals surface area contributed by atoms with Crippen molar-refractivity contribution in [2.24, 2.45) is 5.16 Å². The Hall–Kier alpha value is -2.76. The summed E-state index contributed by atoms with van der Waals surface area (Å²) in [7, 11) is -4.71. The van der Waals surface area contributed by atoms with Gasteiger partial charge in [-0.25, -0.2) is 9.29 Å². The van der Waals surface area contributed by atoms with Gasteiger partial charge in [-0.15, -0.1) is 11.3 Å². The first-order chi connectivity index (χ1) is 11.7. The monoisotopic (exact) mass is 388 g/mol. The Balaban J connectivity index is 2.17. The van der Waals surface area contributed by atoms with Gasteiger partial charge in [0.15, 0.2) is 10.8 Å². The predicted molar refractivity (Wildman–Crippen MR) is 84.4 cm³/mol. The Morgan fingerprint density at radius 3 is 2.84 bits per heavy atom. The minimum atomic E-state index is -4.71. The van der Waals surface area contributed by atoms with Crippen LogP contribution in [0.1, 0.15) is 12.6 Å². The molecule has 2 amide bonds. The van der Waals surface area contributed by atoms with E-state index in [0.717, 1.165) is 11.3 Å². The zero-order valence-corrected chi connectivity index (χ0v) is 14.2. The highest BCUT2D eigenvalue weighted by Gasteiger charge is 2.51. The number of hydrogen-bond donors (Lipinski definition) is 3. The number of thiazole rings is 1. The van der Waals surface area contributed by atoms with Crippen LogP contribution in [0.4, 0.5) is 5.13 Å². The van der Waals surface area contributed by atoms with Crippen LogP contribution in [0.5, 0.6) is 0 Å². The predicted octanol–water partition coefficient (Wildman–Crippen LogP) is -1.51. The lowest BCUT2D eigenvalue weighted by Gasteiger charge is -2.42. The molecule has 1 fully saturated rings. The van der Waals surface area contributed by atoms with Gasteiger partial charge in [0.2, 0.25) is 6.61 Å². The third kappa shape index (κ3) is 3.84. The Bertz CT molecular complexity index is 872. The van der Waals surface area contributed by atoms with Crippen molar-refractivity contribution in [1.82, 2.24) is 14.6 Å². The van der Waals surface area contributed by atoms with Gasteiger partial charge in [0.1, 0.15) is 17.8 Å². The van der Waals surface area contributed by atoms with Crippen molar-refractivity contribution < 1.29 is 27.4 Å². The average Bonchev–Trinajstić information content (AvgIpc) is 2.94. The number of β-lactam (4-membered cyclic amide) rings is 1. The highest BCUT2D eigenvalue weighted by Crippen LogP contribution is 2.23. The number of rotatable bonds is 6. The third-order valence-electron chi connectivity index (χ3n) is 3.14. The van der Waals surface area contributed by atoms with Crippen LogP contribution in [0.2, 0.25) is 0 Å². The van der Waals surface area contributed by atoms with E-state index in [-0.39, 0.29) is 20.8 Å². The molecule has 0 unspecified atom stereocenters. The SMILES string of the molecule is C[C@H]1[C@H](NC(=O)C(=NOCC#N)c2csc(N)n2)C(=O)N1S(=O)(=O)O. The third-order valence-corrected chi connectivity index (χ3v) is 4.82. The van der Waals surface area contributed by atoms with Gasteiger partial charge in [-0.05, 0) is 6.92 Å². The number of oxime groups is 1. The number of anilines is 1. The molecule has 0 bridgehead atoms. The maximum absolute atomic E-state index is 12.3. The molecular formula is C11H12N6O6S2. The Labute approximate surface area is 145 Å². The molecule has 1 aliphatic rings. The van der Waals surface area contributed by atoms with Crippen molar-refractivity contribution in [3.8, 4) is 6.07 Å². The minimum absolute atomic E-state index is 0.0593. The molecule has 0 radical (unpaired) electrons. The van der Waals surface area contributed by atoms with Crippen molar-refractivity contribution in [1.29, 1.82) is 5.26 Å². The fraction of sp³-hybridized carbons (Fsp3) is 0.364. The number of nitrogens with two attached hydrogens (primary N) is 1. The molecule has 4 N–H and O–H groups in total. The largest absolute Gasteiger partial charge is 0.380 e. The van der Waals surface area contributed by atoms with Crippen LogP contribution < -0.4 is 11.1 Å². The van der Waals surface area contributed by atoms with Crippen LogP contribution >= 0.6 is 11.3 Å². The quantitative estimate of drug-likeness (QED) is 0.171. The summed E-state index contributed by atoms with van der Waals surface area (Å²) in [5, 5.41) is 15.8. The molecule has 0 spiro atoms. The number of carbonyl (C=O) groups excluding carboxylic acids is 2. The zero-order valence-electron chi connectivity index (χ0n) is 12.6. The van der Waals surface area contributed by atoms with Crippen LogP contribution in [0.3, 0.4) is 0 Å². The maximum atomic E-state index is 12.3. The molecule has 25 heavy (non-hydrogen) atoms. The lowest BCUT2D eigenvalue weighted by molar-refractivity contribution is -0.143. The fourth-order valence-electron chi connectivity index (χ4n) is 2.04. The fourth-order valence-corrected chi connectivity index (χ4v) is 3.47. The highest BCUT2D eigenvalue weighted by atomic mass is 32.2. The number of carbonyl (C=O) groups is 2. The van der Waals surface area contributed by atoms with Crippen molar-refractivity contribution in [3.63, 3.8) is 0 Å². The molecular weight excluding hydrogens is 376 g/mol. The number of nitriles is 1. The maximum Gasteiger partial charge on any atom is 0.362 e. The van der Waals surface area contributed by atoms with Gasteiger partial charge in [0.25, 0.3) is 11.8 Å². The molecule has 1 aliphatic heterocycles. The van der Waals surface area contributed by atoms with Gasteiger partial charge in [0, 0.05) is 5.38 Å². The zero-order chi connectivity index (χ0) is 18.8. The summed E-state index contributed by atoms with van der Waals surface area (Å²) >= 11 is 1.03. The first-order valence-electron chi connectivity index (χ1n) is 6.56. The van der Waals surface area contributed by atoms with Gasteiger partial charge in [-0.2, -0.15) is 13.7 Å². The van der Waals surface area contributed by atoms with Crippen molar-refractivity contribution in [3.05, 3.63) is 11.1 Å². The molecule has 2 rings (SSSR count). The minimum Gasteiger partial charge on any atom is -0.380 e. The van der Waals surface area contributed by atoms with Crippen LogP contribution in [-0.4, -0.2) is 58.5 Å². The molecule has 12 nitrogen and oxygen atoms in total. The van der Waals surface area contributed by atoms with Gasteiger partial charge < -0.3 is 15.9 Å². The molecule has 0 aromatic carbocycles. The Kier molecular flexibility index (Phi) is 5.21. The van der Waals surface area contributed by atoms with E-state index in [1.54, 1.807) is 6.07 Å². The topological polar surface area (TPSA) is 188 Å². The van der Waals surface area contributed by atoms with Crippen LogP contribution in [0, 0.1) is 11.3 Å². The molecule has 0 saturated carbocycles.